The quantitative estimate of drug-likeness (QED) is 0.780. The Kier molecular flexibility index (Phi) is 2.98. The summed E-state index contributed by atoms with van der Waals surface area (Å²) in [7, 11) is 0. The summed E-state index contributed by atoms with van der Waals surface area (Å²) in [6.45, 7) is 5.64. The van der Waals surface area contributed by atoms with Gasteiger partial charge < -0.3 is 5.32 Å². The molecule has 1 heterocycles. The highest BCUT2D eigenvalue weighted by atomic mass is 14.9. The zero-order chi connectivity index (χ0) is 11.6. The van der Waals surface area contributed by atoms with Gasteiger partial charge in [0.1, 0.15) is 0 Å². The molecule has 1 atom stereocenters. The van der Waals surface area contributed by atoms with Crippen molar-refractivity contribution in [2.24, 2.45) is 5.41 Å². The molecule has 0 aromatic heterocycles. The minimum atomic E-state index is 0.333. The van der Waals surface area contributed by atoms with Crippen molar-refractivity contribution < 1.29 is 0 Å². The van der Waals surface area contributed by atoms with Crippen LogP contribution in [0.2, 0.25) is 0 Å². The molecule has 0 bridgehead atoms. The van der Waals surface area contributed by atoms with Crippen LogP contribution in [-0.4, -0.2) is 6.54 Å². The van der Waals surface area contributed by atoms with E-state index in [1.54, 1.807) is 0 Å². The van der Waals surface area contributed by atoms with E-state index in [9.17, 15) is 0 Å². The van der Waals surface area contributed by atoms with Crippen molar-refractivity contribution in [2.75, 3.05) is 6.54 Å². The second-order valence-corrected chi connectivity index (χ2v) is 5.32. The molecule has 1 aromatic carbocycles. The summed E-state index contributed by atoms with van der Waals surface area (Å²) in [5, 5.41) is 12.6. The normalized spacial score (nSPS) is 23.7. The summed E-state index contributed by atoms with van der Waals surface area (Å²) < 4.78 is 0. The van der Waals surface area contributed by atoms with Crippen LogP contribution in [-0.2, 0) is 0 Å². The Labute approximate surface area is 97.3 Å². The van der Waals surface area contributed by atoms with Gasteiger partial charge in [-0.1, -0.05) is 32.0 Å². The van der Waals surface area contributed by atoms with Crippen LogP contribution in [0, 0.1) is 16.7 Å². The smallest absolute Gasteiger partial charge is 0.0995 e. The molecular formula is C14H18N2. The third kappa shape index (κ3) is 2.25. The zero-order valence-corrected chi connectivity index (χ0v) is 9.96. The Hall–Kier alpha value is -1.33. The number of rotatable bonds is 1. The van der Waals surface area contributed by atoms with Crippen LogP contribution in [0.15, 0.2) is 24.3 Å². The first-order valence-electron chi connectivity index (χ1n) is 5.85. The highest BCUT2D eigenvalue weighted by molar-refractivity contribution is 5.39. The minimum Gasteiger partial charge on any atom is -0.310 e. The number of nitrogens with zero attached hydrogens (tertiary/aromatic N) is 1. The van der Waals surface area contributed by atoms with Crippen molar-refractivity contribution in [3.8, 4) is 6.07 Å². The van der Waals surface area contributed by atoms with Gasteiger partial charge in [0.25, 0.3) is 0 Å². The van der Waals surface area contributed by atoms with Crippen molar-refractivity contribution >= 4 is 0 Å². The number of hydrogen-bond donors (Lipinski definition) is 1. The second-order valence-electron chi connectivity index (χ2n) is 5.32. The third-order valence-corrected chi connectivity index (χ3v) is 3.41. The second kappa shape index (κ2) is 4.27. The molecule has 2 rings (SSSR count). The lowest BCUT2D eigenvalue weighted by molar-refractivity contribution is 0.210. The molecule has 0 aliphatic carbocycles. The van der Waals surface area contributed by atoms with Gasteiger partial charge in [0.2, 0.25) is 0 Å². The molecule has 2 heteroatoms. The van der Waals surface area contributed by atoms with E-state index in [1.807, 2.05) is 18.2 Å². The van der Waals surface area contributed by atoms with Crippen molar-refractivity contribution in [1.29, 1.82) is 5.26 Å². The first kappa shape index (κ1) is 11.2. The third-order valence-electron chi connectivity index (χ3n) is 3.41. The molecule has 0 amide bonds. The molecule has 0 radical (unpaired) electrons. The van der Waals surface area contributed by atoms with Gasteiger partial charge in [-0.05, 0) is 36.4 Å². The van der Waals surface area contributed by atoms with Crippen molar-refractivity contribution in [3.63, 3.8) is 0 Å². The lowest BCUT2D eigenvalue weighted by Crippen LogP contribution is -2.36. The van der Waals surface area contributed by atoms with Crippen LogP contribution in [0.4, 0.5) is 0 Å². The monoisotopic (exact) mass is 214 g/mol. The molecule has 1 aliphatic rings. The maximum atomic E-state index is 9.10. The molecule has 1 aromatic rings. The standard InChI is InChI=1S/C14H18N2/c1-14(2)7-8-16-13(9-14)12-6-4-3-5-11(12)10-15/h3-6,13,16H,7-9H2,1-2H3. The molecule has 0 spiro atoms. The van der Waals surface area contributed by atoms with E-state index in [0.717, 1.165) is 24.1 Å². The number of hydrogen-bond acceptors (Lipinski definition) is 2. The Morgan fingerprint density at radius 3 is 2.81 bits per heavy atom. The topological polar surface area (TPSA) is 35.8 Å². The first-order valence-corrected chi connectivity index (χ1v) is 5.85. The van der Waals surface area contributed by atoms with E-state index in [4.69, 9.17) is 5.26 Å². The Bertz CT molecular complexity index is 415. The molecule has 16 heavy (non-hydrogen) atoms. The van der Waals surface area contributed by atoms with Crippen LogP contribution in [0.3, 0.4) is 0 Å². The molecule has 0 saturated carbocycles. The van der Waals surface area contributed by atoms with E-state index in [2.05, 4.69) is 31.3 Å². The van der Waals surface area contributed by atoms with Crippen molar-refractivity contribution in [3.05, 3.63) is 35.4 Å². The molecule has 1 unspecified atom stereocenters. The van der Waals surface area contributed by atoms with E-state index in [1.165, 1.54) is 6.42 Å². The lowest BCUT2D eigenvalue weighted by Gasteiger charge is -2.36. The van der Waals surface area contributed by atoms with Gasteiger partial charge in [-0.25, -0.2) is 0 Å². The van der Waals surface area contributed by atoms with E-state index in [-0.39, 0.29) is 0 Å². The average Bonchev–Trinajstić information content (AvgIpc) is 2.27. The van der Waals surface area contributed by atoms with E-state index >= 15 is 0 Å². The molecule has 1 N–H and O–H groups in total. The maximum absolute atomic E-state index is 9.10. The number of nitriles is 1. The van der Waals surface area contributed by atoms with Crippen LogP contribution in [0.5, 0.6) is 0 Å². The van der Waals surface area contributed by atoms with Crippen molar-refractivity contribution in [1.82, 2.24) is 5.32 Å². The fourth-order valence-corrected chi connectivity index (χ4v) is 2.43. The minimum absolute atomic E-state index is 0.333. The maximum Gasteiger partial charge on any atom is 0.0995 e. The molecule has 1 fully saturated rings. The summed E-state index contributed by atoms with van der Waals surface area (Å²) >= 11 is 0. The molecule has 1 aliphatic heterocycles. The summed E-state index contributed by atoms with van der Waals surface area (Å²) in [4.78, 5) is 0. The van der Waals surface area contributed by atoms with E-state index in [0.29, 0.717) is 11.5 Å². The highest BCUT2D eigenvalue weighted by Gasteiger charge is 2.29. The summed E-state index contributed by atoms with van der Waals surface area (Å²) in [6.07, 6.45) is 2.31. The first-order chi connectivity index (χ1) is 7.62. The zero-order valence-electron chi connectivity index (χ0n) is 9.96. The van der Waals surface area contributed by atoms with Gasteiger partial charge >= 0.3 is 0 Å². The van der Waals surface area contributed by atoms with Crippen LogP contribution < -0.4 is 5.32 Å². The number of nitrogens with one attached hydrogen (secondary N) is 1. The molecule has 1 saturated heterocycles. The predicted octanol–water partition coefficient (Wildman–Crippen LogP) is 3.01. The Morgan fingerprint density at radius 2 is 2.12 bits per heavy atom. The SMILES string of the molecule is CC1(C)CCNC(c2ccccc2C#N)C1. The van der Waals surface area contributed by atoms with Crippen LogP contribution in [0.1, 0.15) is 43.9 Å². The van der Waals surface area contributed by atoms with Gasteiger partial charge in [0, 0.05) is 6.04 Å². The largest absolute Gasteiger partial charge is 0.310 e. The summed E-state index contributed by atoms with van der Waals surface area (Å²) in [6, 6.07) is 10.5. The Balaban J connectivity index is 2.27. The molecule has 84 valence electrons. The Morgan fingerprint density at radius 1 is 1.38 bits per heavy atom. The summed E-state index contributed by atoms with van der Waals surface area (Å²) in [5.41, 5.74) is 2.33. The fraction of sp³-hybridized carbons (Fsp3) is 0.500. The van der Waals surface area contributed by atoms with E-state index < -0.39 is 0 Å². The average molecular weight is 214 g/mol. The van der Waals surface area contributed by atoms with Gasteiger partial charge in [-0.2, -0.15) is 5.26 Å². The fourth-order valence-electron chi connectivity index (χ4n) is 2.43. The summed E-state index contributed by atoms with van der Waals surface area (Å²) in [5.74, 6) is 0. The molecular weight excluding hydrogens is 196 g/mol. The van der Waals surface area contributed by atoms with Gasteiger partial charge in [-0.3, -0.25) is 0 Å². The predicted molar refractivity (Wildman–Crippen MR) is 64.9 cm³/mol. The number of piperidine rings is 1. The van der Waals surface area contributed by atoms with Gasteiger partial charge in [0.15, 0.2) is 0 Å². The van der Waals surface area contributed by atoms with Crippen molar-refractivity contribution in [2.45, 2.75) is 32.7 Å². The number of benzene rings is 1. The molecule has 2 nitrogen and oxygen atoms in total. The van der Waals surface area contributed by atoms with Gasteiger partial charge in [-0.15, -0.1) is 0 Å². The van der Waals surface area contributed by atoms with Gasteiger partial charge in [0.05, 0.1) is 11.6 Å². The lowest BCUT2D eigenvalue weighted by atomic mass is 9.77. The highest BCUT2D eigenvalue weighted by Crippen LogP contribution is 2.36. The van der Waals surface area contributed by atoms with Crippen LogP contribution in [0.25, 0.3) is 0 Å². The van der Waals surface area contributed by atoms with Crippen LogP contribution >= 0.6 is 0 Å².